The van der Waals surface area contributed by atoms with Crippen molar-refractivity contribution >= 4 is 5.82 Å². The van der Waals surface area contributed by atoms with Gasteiger partial charge in [0.15, 0.2) is 0 Å². The molecule has 0 spiro atoms. The van der Waals surface area contributed by atoms with E-state index in [0.29, 0.717) is 12.5 Å². The molecule has 0 aliphatic rings. The van der Waals surface area contributed by atoms with Gasteiger partial charge in [0.25, 0.3) is 0 Å². The number of aromatic nitrogens is 2. The van der Waals surface area contributed by atoms with Gasteiger partial charge in [0, 0.05) is 37.3 Å². The first-order chi connectivity index (χ1) is 8.49. The molecule has 0 amide bonds. The van der Waals surface area contributed by atoms with E-state index in [2.05, 4.69) is 34.4 Å². The van der Waals surface area contributed by atoms with E-state index < -0.39 is 0 Å². The Balaban J connectivity index is 2.42. The van der Waals surface area contributed by atoms with Crippen molar-refractivity contribution in [3.8, 4) is 0 Å². The van der Waals surface area contributed by atoms with Crippen molar-refractivity contribution in [1.29, 1.82) is 0 Å². The van der Waals surface area contributed by atoms with Gasteiger partial charge in [-0.1, -0.05) is 13.8 Å². The summed E-state index contributed by atoms with van der Waals surface area (Å²) in [5.41, 5.74) is 0.980. The zero-order chi connectivity index (χ0) is 13.5. The van der Waals surface area contributed by atoms with Crippen molar-refractivity contribution in [3.05, 3.63) is 17.6 Å². The fourth-order valence-electron chi connectivity index (χ4n) is 1.53. The van der Waals surface area contributed by atoms with E-state index in [1.54, 1.807) is 6.92 Å². The van der Waals surface area contributed by atoms with Gasteiger partial charge in [0.1, 0.15) is 11.6 Å². The summed E-state index contributed by atoms with van der Waals surface area (Å²) in [4.78, 5) is 8.87. The molecule has 0 saturated carbocycles. The molecule has 5 nitrogen and oxygen atoms in total. The molecule has 102 valence electrons. The summed E-state index contributed by atoms with van der Waals surface area (Å²) >= 11 is 0. The molecule has 3 N–H and O–H groups in total. The van der Waals surface area contributed by atoms with Crippen molar-refractivity contribution in [2.24, 2.45) is 0 Å². The number of hydrogen-bond acceptors (Lipinski definition) is 5. The highest BCUT2D eigenvalue weighted by Gasteiger charge is 2.05. The molecule has 0 saturated heterocycles. The Morgan fingerprint density at radius 3 is 2.56 bits per heavy atom. The van der Waals surface area contributed by atoms with Gasteiger partial charge in [-0.05, 0) is 13.8 Å². The lowest BCUT2D eigenvalue weighted by molar-refractivity contribution is 0.192. The van der Waals surface area contributed by atoms with Gasteiger partial charge in [-0.25, -0.2) is 9.97 Å². The van der Waals surface area contributed by atoms with Gasteiger partial charge >= 0.3 is 0 Å². The maximum absolute atomic E-state index is 9.10. The van der Waals surface area contributed by atoms with E-state index in [1.807, 2.05) is 13.0 Å². The fraction of sp³-hybridized carbons (Fsp3) is 0.692. The minimum absolute atomic E-state index is 0.307. The van der Waals surface area contributed by atoms with Crippen LogP contribution in [0, 0.1) is 6.92 Å². The topological polar surface area (TPSA) is 70.1 Å². The van der Waals surface area contributed by atoms with E-state index in [-0.39, 0.29) is 6.10 Å². The average molecular weight is 252 g/mol. The zero-order valence-electron chi connectivity index (χ0n) is 11.7. The first-order valence-electron chi connectivity index (χ1n) is 6.47. The largest absolute Gasteiger partial charge is 0.392 e. The monoisotopic (exact) mass is 252 g/mol. The molecule has 1 aromatic rings. The number of aliphatic hydroxyl groups is 1. The highest BCUT2D eigenvalue weighted by molar-refractivity contribution is 5.36. The molecule has 1 heterocycles. The Morgan fingerprint density at radius 2 is 1.94 bits per heavy atom. The van der Waals surface area contributed by atoms with Gasteiger partial charge in [-0.15, -0.1) is 0 Å². The number of aliphatic hydroxyl groups excluding tert-OH is 1. The molecular formula is C13H24N4O. The van der Waals surface area contributed by atoms with Crippen LogP contribution >= 0.6 is 0 Å². The summed E-state index contributed by atoms with van der Waals surface area (Å²) in [6.07, 6.45) is -0.307. The highest BCUT2D eigenvalue weighted by atomic mass is 16.3. The number of nitrogens with one attached hydrogen (secondary N) is 2. The van der Waals surface area contributed by atoms with E-state index in [0.717, 1.165) is 30.4 Å². The van der Waals surface area contributed by atoms with Gasteiger partial charge in [-0.3, -0.25) is 0 Å². The van der Waals surface area contributed by atoms with Crippen molar-refractivity contribution in [2.75, 3.05) is 25.0 Å². The fourth-order valence-corrected chi connectivity index (χ4v) is 1.53. The lowest BCUT2D eigenvalue weighted by Gasteiger charge is -2.11. The second-order valence-electron chi connectivity index (χ2n) is 4.89. The van der Waals surface area contributed by atoms with Crippen LogP contribution in [0.4, 0.5) is 5.82 Å². The summed E-state index contributed by atoms with van der Waals surface area (Å²) in [6, 6.07) is 1.94. The van der Waals surface area contributed by atoms with E-state index >= 15 is 0 Å². The lowest BCUT2D eigenvalue weighted by atomic mass is 10.2. The molecule has 0 aliphatic carbocycles. The number of aryl methyl sites for hydroxylation is 1. The van der Waals surface area contributed by atoms with Crippen LogP contribution in [0.3, 0.4) is 0 Å². The first kappa shape index (κ1) is 14.9. The summed E-state index contributed by atoms with van der Waals surface area (Å²) < 4.78 is 0. The molecule has 0 bridgehead atoms. The molecule has 18 heavy (non-hydrogen) atoms. The highest BCUT2D eigenvalue weighted by Crippen LogP contribution is 2.13. The maximum atomic E-state index is 9.10. The molecule has 0 aliphatic heterocycles. The second kappa shape index (κ2) is 7.28. The van der Waals surface area contributed by atoms with Crippen LogP contribution < -0.4 is 10.6 Å². The van der Waals surface area contributed by atoms with Gasteiger partial charge < -0.3 is 15.7 Å². The third-order valence-electron chi connectivity index (χ3n) is 2.44. The van der Waals surface area contributed by atoms with E-state index in [1.165, 1.54) is 0 Å². The Hall–Kier alpha value is -1.20. The molecule has 1 unspecified atom stereocenters. The van der Waals surface area contributed by atoms with Crippen molar-refractivity contribution in [3.63, 3.8) is 0 Å². The quantitative estimate of drug-likeness (QED) is 0.638. The maximum Gasteiger partial charge on any atom is 0.133 e. The Bertz CT molecular complexity index is 366. The number of anilines is 1. The molecule has 1 atom stereocenters. The normalized spacial score (nSPS) is 12.8. The van der Waals surface area contributed by atoms with Crippen molar-refractivity contribution in [1.82, 2.24) is 15.3 Å². The van der Waals surface area contributed by atoms with E-state index in [4.69, 9.17) is 5.11 Å². The van der Waals surface area contributed by atoms with Crippen molar-refractivity contribution in [2.45, 2.75) is 39.7 Å². The third-order valence-corrected chi connectivity index (χ3v) is 2.44. The van der Waals surface area contributed by atoms with Crippen LogP contribution in [0.5, 0.6) is 0 Å². The van der Waals surface area contributed by atoms with Gasteiger partial charge in [-0.2, -0.15) is 0 Å². The molecule has 5 heteroatoms. The number of hydrogen-bond donors (Lipinski definition) is 3. The predicted octanol–water partition coefficient (Wildman–Crippen LogP) is 1.29. The van der Waals surface area contributed by atoms with Crippen LogP contribution in [0.25, 0.3) is 0 Å². The van der Waals surface area contributed by atoms with Crippen LogP contribution in [0.2, 0.25) is 0 Å². The summed E-state index contributed by atoms with van der Waals surface area (Å²) in [5.74, 6) is 2.07. The van der Waals surface area contributed by atoms with Crippen LogP contribution in [-0.4, -0.2) is 40.8 Å². The SMILES string of the molecule is Cc1cc(NCCNCC(C)O)nc(C(C)C)n1. The molecular weight excluding hydrogens is 228 g/mol. The third kappa shape index (κ3) is 5.42. The minimum atomic E-state index is -0.307. The van der Waals surface area contributed by atoms with Gasteiger partial charge in [0.05, 0.1) is 6.10 Å². The summed E-state index contributed by atoms with van der Waals surface area (Å²) in [5, 5.41) is 15.5. The standard InChI is InChI=1S/C13H24N4O/c1-9(2)13-16-10(3)7-12(17-13)15-6-5-14-8-11(4)18/h7,9,11,14,18H,5-6,8H2,1-4H3,(H,15,16,17). The van der Waals surface area contributed by atoms with Crippen LogP contribution in [0.15, 0.2) is 6.07 Å². The first-order valence-corrected chi connectivity index (χ1v) is 6.47. The van der Waals surface area contributed by atoms with Crippen LogP contribution in [0.1, 0.15) is 38.2 Å². The molecule has 0 radical (unpaired) electrons. The zero-order valence-corrected chi connectivity index (χ0v) is 11.7. The van der Waals surface area contributed by atoms with E-state index in [9.17, 15) is 0 Å². The predicted molar refractivity (Wildman–Crippen MR) is 73.9 cm³/mol. The Morgan fingerprint density at radius 1 is 1.22 bits per heavy atom. The molecule has 0 aromatic carbocycles. The molecule has 0 fully saturated rings. The Kier molecular flexibility index (Phi) is 6.01. The minimum Gasteiger partial charge on any atom is -0.392 e. The second-order valence-corrected chi connectivity index (χ2v) is 4.89. The lowest BCUT2D eigenvalue weighted by Crippen LogP contribution is -2.29. The number of nitrogens with zero attached hydrogens (tertiary/aromatic N) is 2. The summed E-state index contributed by atoms with van der Waals surface area (Å²) in [7, 11) is 0. The smallest absolute Gasteiger partial charge is 0.133 e. The Labute approximate surface area is 109 Å². The molecule has 1 aromatic heterocycles. The van der Waals surface area contributed by atoms with Gasteiger partial charge in [0.2, 0.25) is 0 Å². The summed E-state index contributed by atoms with van der Waals surface area (Å²) in [6.45, 7) is 10.1. The average Bonchev–Trinajstić information content (AvgIpc) is 2.27. The van der Waals surface area contributed by atoms with Crippen LogP contribution in [-0.2, 0) is 0 Å². The van der Waals surface area contributed by atoms with Crippen molar-refractivity contribution < 1.29 is 5.11 Å². The molecule has 1 rings (SSSR count). The number of rotatable bonds is 7.